The summed E-state index contributed by atoms with van der Waals surface area (Å²) in [5.74, 6) is 0.377. The van der Waals surface area contributed by atoms with E-state index in [1.807, 2.05) is 44.2 Å². The lowest BCUT2D eigenvalue weighted by Crippen LogP contribution is -2.01. The maximum atomic E-state index is 11.8. The summed E-state index contributed by atoms with van der Waals surface area (Å²) in [4.78, 5) is 19.0. The Labute approximate surface area is 177 Å². The summed E-state index contributed by atoms with van der Waals surface area (Å²) < 4.78 is 11.4. The summed E-state index contributed by atoms with van der Waals surface area (Å²) in [5.41, 5.74) is 1.11. The molecule has 0 atom stereocenters. The number of ether oxygens (including phenoxy) is 2. The fourth-order valence-electron chi connectivity index (χ4n) is 3.07. The number of hydrogen-bond acceptors (Lipinski definition) is 6. The van der Waals surface area contributed by atoms with Crippen LogP contribution in [0.4, 0.5) is 5.69 Å². The van der Waals surface area contributed by atoms with Crippen molar-refractivity contribution in [1.29, 1.82) is 0 Å². The van der Waals surface area contributed by atoms with E-state index in [1.165, 1.54) is 0 Å². The minimum absolute atomic E-state index is 0.206. The molecule has 0 N–H and O–H groups in total. The van der Waals surface area contributed by atoms with Crippen LogP contribution in [0.1, 0.15) is 11.1 Å². The first-order chi connectivity index (χ1) is 14.4. The van der Waals surface area contributed by atoms with Crippen molar-refractivity contribution >= 4 is 28.1 Å². The van der Waals surface area contributed by atoms with Crippen LogP contribution in [0.25, 0.3) is 10.8 Å². The zero-order valence-corrected chi connectivity index (χ0v) is 16.9. The van der Waals surface area contributed by atoms with Gasteiger partial charge in [-0.1, -0.05) is 41.9 Å². The van der Waals surface area contributed by atoms with Crippen LogP contribution in [0.2, 0.25) is 5.02 Å². The third-order valence-electron chi connectivity index (χ3n) is 4.50. The fraction of sp³-hybridized carbons (Fsp3) is 0.0909. The van der Waals surface area contributed by atoms with Crippen molar-refractivity contribution in [3.63, 3.8) is 0 Å². The molecule has 0 amide bonds. The van der Waals surface area contributed by atoms with Gasteiger partial charge in [-0.2, -0.15) is 9.97 Å². The van der Waals surface area contributed by atoms with E-state index in [2.05, 4.69) is 9.97 Å². The molecule has 0 aliphatic carbocycles. The summed E-state index contributed by atoms with van der Waals surface area (Å²) in [6.07, 6.45) is 1.16. The van der Waals surface area contributed by atoms with Crippen molar-refractivity contribution in [1.82, 2.24) is 9.97 Å². The smallest absolute Gasteiger partial charge is 0.393 e. The first-order valence-corrected chi connectivity index (χ1v) is 9.41. The van der Waals surface area contributed by atoms with E-state index in [0.717, 1.165) is 28.2 Å². The molecular formula is C22H16ClN3O4. The molecule has 0 aliphatic heterocycles. The molecule has 150 valence electrons. The summed E-state index contributed by atoms with van der Waals surface area (Å²) in [6, 6.07) is 16.5. The molecule has 1 aromatic heterocycles. The van der Waals surface area contributed by atoms with Gasteiger partial charge in [0.05, 0.1) is 4.92 Å². The van der Waals surface area contributed by atoms with Crippen molar-refractivity contribution in [2.75, 3.05) is 0 Å². The fourth-order valence-corrected chi connectivity index (χ4v) is 3.18. The topological polar surface area (TPSA) is 87.4 Å². The minimum atomic E-state index is -0.624. The van der Waals surface area contributed by atoms with E-state index in [-0.39, 0.29) is 11.8 Å². The second-order valence-corrected chi connectivity index (χ2v) is 7.05. The SMILES string of the molecule is Cc1cc(Oc2ncnc(Oc3ccc4ccccc4c3)c2[N+](=O)[O-])cc(C)c1Cl. The van der Waals surface area contributed by atoms with Crippen LogP contribution in [0, 0.1) is 24.0 Å². The normalized spacial score (nSPS) is 10.8. The third-order valence-corrected chi connectivity index (χ3v) is 5.09. The van der Waals surface area contributed by atoms with Crippen LogP contribution < -0.4 is 9.47 Å². The Morgan fingerprint density at radius 2 is 1.47 bits per heavy atom. The molecular weight excluding hydrogens is 406 g/mol. The largest absolute Gasteiger partial charge is 0.433 e. The van der Waals surface area contributed by atoms with Crippen LogP contribution in [-0.2, 0) is 0 Å². The number of nitrogens with zero attached hydrogens (tertiary/aromatic N) is 3. The summed E-state index contributed by atoms with van der Waals surface area (Å²) in [5, 5.41) is 14.3. The maximum Gasteiger partial charge on any atom is 0.393 e. The lowest BCUT2D eigenvalue weighted by molar-refractivity contribution is -0.387. The quantitative estimate of drug-likeness (QED) is 0.274. The van der Waals surface area contributed by atoms with Gasteiger partial charge >= 0.3 is 17.4 Å². The molecule has 8 heteroatoms. The Kier molecular flexibility index (Phi) is 5.20. The second-order valence-electron chi connectivity index (χ2n) is 6.67. The molecule has 0 aliphatic rings. The molecule has 0 saturated heterocycles. The average Bonchev–Trinajstić information content (AvgIpc) is 2.72. The number of nitro groups is 1. The minimum Gasteiger partial charge on any atom is -0.433 e. The Morgan fingerprint density at radius 1 is 0.867 bits per heavy atom. The van der Waals surface area contributed by atoms with Gasteiger partial charge < -0.3 is 9.47 Å². The van der Waals surface area contributed by atoms with Crippen molar-refractivity contribution in [3.05, 3.63) is 87.2 Å². The number of aromatic nitrogens is 2. The van der Waals surface area contributed by atoms with E-state index in [9.17, 15) is 10.1 Å². The number of benzene rings is 3. The number of rotatable bonds is 5. The lowest BCUT2D eigenvalue weighted by Gasteiger charge is -2.11. The van der Waals surface area contributed by atoms with Gasteiger partial charge in [0.1, 0.15) is 17.8 Å². The van der Waals surface area contributed by atoms with Gasteiger partial charge in [0.15, 0.2) is 0 Å². The highest BCUT2D eigenvalue weighted by atomic mass is 35.5. The summed E-state index contributed by atoms with van der Waals surface area (Å²) in [7, 11) is 0. The zero-order valence-electron chi connectivity index (χ0n) is 16.1. The molecule has 30 heavy (non-hydrogen) atoms. The standard InChI is InChI=1S/C22H16ClN3O4/c1-13-9-18(10-14(2)19(13)23)30-22-20(26(27)28)21(24-12-25-22)29-17-8-7-15-5-3-4-6-16(15)11-17/h3-12H,1-2H3. The Balaban J connectivity index is 1.71. The molecule has 3 aromatic carbocycles. The molecule has 1 heterocycles. The Bertz CT molecular complexity index is 1250. The number of aryl methyl sites for hydroxylation is 2. The highest BCUT2D eigenvalue weighted by molar-refractivity contribution is 6.32. The average molecular weight is 422 g/mol. The molecule has 0 spiro atoms. The van der Waals surface area contributed by atoms with E-state index in [0.29, 0.717) is 16.5 Å². The Hall–Kier alpha value is -3.71. The van der Waals surface area contributed by atoms with Crippen LogP contribution in [0.15, 0.2) is 60.9 Å². The van der Waals surface area contributed by atoms with Gasteiger partial charge in [0, 0.05) is 5.02 Å². The molecule has 0 fully saturated rings. The Morgan fingerprint density at radius 3 is 2.10 bits per heavy atom. The zero-order chi connectivity index (χ0) is 21.3. The summed E-state index contributed by atoms with van der Waals surface area (Å²) >= 11 is 6.18. The number of halogens is 1. The molecule has 0 radical (unpaired) electrons. The van der Waals surface area contributed by atoms with Crippen LogP contribution in [-0.4, -0.2) is 14.9 Å². The van der Waals surface area contributed by atoms with Gasteiger partial charge in [0.25, 0.3) is 0 Å². The van der Waals surface area contributed by atoms with Crippen molar-refractivity contribution in [2.45, 2.75) is 13.8 Å². The van der Waals surface area contributed by atoms with Gasteiger partial charge in [-0.25, -0.2) is 0 Å². The first-order valence-electron chi connectivity index (χ1n) is 9.03. The van der Waals surface area contributed by atoms with E-state index < -0.39 is 10.6 Å². The second kappa shape index (κ2) is 7.96. The van der Waals surface area contributed by atoms with Crippen molar-refractivity contribution in [2.24, 2.45) is 0 Å². The van der Waals surface area contributed by atoms with Crippen LogP contribution in [0.3, 0.4) is 0 Å². The molecule has 7 nitrogen and oxygen atoms in total. The van der Waals surface area contributed by atoms with Crippen LogP contribution >= 0.6 is 11.6 Å². The van der Waals surface area contributed by atoms with Crippen LogP contribution in [0.5, 0.6) is 23.3 Å². The molecule has 4 rings (SSSR count). The van der Waals surface area contributed by atoms with E-state index in [1.54, 1.807) is 24.3 Å². The van der Waals surface area contributed by atoms with Gasteiger partial charge in [-0.3, -0.25) is 10.1 Å². The van der Waals surface area contributed by atoms with E-state index in [4.69, 9.17) is 21.1 Å². The predicted octanol–water partition coefficient (Wildman–Crippen LogP) is 6.39. The van der Waals surface area contributed by atoms with Crippen molar-refractivity contribution in [3.8, 4) is 23.3 Å². The predicted molar refractivity (Wildman–Crippen MR) is 114 cm³/mol. The maximum absolute atomic E-state index is 11.8. The molecule has 0 saturated carbocycles. The van der Waals surface area contributed by atoms with Gasteiger partial charge in [-0.15, -0.1) is 0 Å². The third kappa shape index (κ3) is 3.88. The number of fused-ring (bicyclic) bond motifs is 1. The summed E-state index contributed by atoms with van der Waals surface area (Å²) in [6.45, 7) is 3.65. The monoisotopic (exact) mass is 421 g/mol. The highest BCUT2D eigenvalue weighted by Crippen LogP contribution is 2.39. The van der Waals surface area contributed by atoms with Crippen molar-refractivity contribution < 1.29 is 14.4 Å². The molecule has 4 aromatic rings. The van der Waals surface area contributed by atoms with Gasteiger partial charge in [0.2, 0.25) is 0 Å². The highest BCUT2D eigenvalue weighted by Gasteiger charge is 2.27. The van der Waals surface area contributed by atoms with E-state index >= 15 is 0 Å². The molecule has 0 unspecified atom stereocenters. The first kappa shape index (κ1) is 19.6. The number of hydrogen-bond donors (Lipinski definition) is 0. The van der Waals surface area contributed by atoms with Gasteiger partial charge in [-0.05, 0) is 60.0 Å². The lowest BCUT2D eigenvalue weighted by atomic mass is 10.1. The molecule has 0 bridgehead atoms.